The van der Waals surface area contributed by atoms with Gasteiger partial charge >= 0.3 is 5.97 Å². The first-order valence-electron chi connectivity index (χ1n) is 13.2. The number of hydrogen-bond donors (Lipinski definition) is 1. The molecule has 4 aromatic rings. The van der Waals surface area contributed by atoms with Crippen molar-refractivity contribution < 1.29 is 28.6 Å². The summed E-state index contributed by atoms with van der Waals surface area (Å²) in [7, 11) is 4.60. The maximum Gasteiger partial charge on any atom is 0.353 e. The third-order valence-electron chi connectivity index (χ3n) is 7.20. The summed E-state index contributed by atoms with van der Waals surface area (Å²) in [5, 5.41) is 4.72. The largest absolute Gasteiger partial charge is 0.493 e. The molecule has 8 heteroatoms. The number of hydrogen-bond acceptors (Lipinski definition) is 7. The van der Waals surface area contributed by atoms with Crippen LogP contribution in [0.3, 0.4) is 0 Å². The molecule has 0 radical (unpaired) electrons. The predicted molar refractivity (Wildman–Crippen MR) is 154 cm³/mol. The van der Waals surface area contributed by atoms with Crippen molar-refractivity contribution in [2.24, 2.45) is 0 Å². The van der Waals surface area contributed by atoms with Gasteiger partial charge in [0.25, 0.3) is 5.91 Å². The van der Waals surface area contributed by atoms with Crippen molar-refractivity contribution in [3.8, 4) is 17.2 Å². The summed E-state index contributed by atoms with van der Waals surface area (Å²) in [5.41, 5.74) is 1.36. The summed E-state index contributed by atoms with van der Waals surface area (Å²) in [6.07, 6.45) is 0.178. The van der Waals surface area contributed by atoms with Gasteiger partial charge in [-0.2, -0.15) is 0 Å². The van der Waals surface area contributed by atoms with E-state index < -0.39 is 23.5 Å². The highest BCUT2D eigenvalue weighted by molar-refractivity contribution is 5.99. The van der Waals surface area contributed by atoms with Crippen LogP contribution in [-0.2, 0) is 22.6 Å². The number of methoxy groups -OCH3 is 3. The van der Waals surface area contributed by atoms with Crippen LogP contribution in [0.15, 0.2) is 103 Å². The smallest absolute Gasteiger partial charge is 0.353 e. The van der Waals surface area contributed by atoms with Gasteiger partial charge in [0, 0.05) is 12.0 Å². The van der Waals surface area contributed by atoms with E-state index in [2.05, 4.69) is 5.32 Å². The van der Waals surface area contributed by atoms with Crippen molar-refractivity contribution in [1.29, 1.82) is 0 Å². The summed E-state index contributed by atoms with van der Waals surface area (Å²) in [4.78, 5) is 33.9. The van der Waals surface area contributed by atoms with Gasteiger partial charge in [-0.15, -0.1) is 5.06 Å². The number of hydroxylamine groups is 2. The highest BCUT2D eigenvalue weighted by Crippen LogP contribution is 2.47. The van der Waals surface area contributed by atoms with Gasteiger partial charge in [-0.1, -0.05) is 78.9 Å². The minimum Gasteiger partial charge on any atom is -0.493 e. The van der Waals surface area contributed by atoms with Gasteiger partial charge in [0.2, 0.25) is 5.75 Å². The molecule has 0 bridgehead atoms. The van der Waals surface area contributed by atoms with Crippen LogP contribution in [0.25, 0.3) is 0 Å². The fraction of sp³-hybridized carbons (Fsp3) is 0.212. The van der Waals surface area contributed by atoms with Gasteiger partial charge in [-0.05, 0) is 41.0 Å². The Kier molecular flexibility index (Phi) is 8.21. The standard InChI is InChI=1S/C33H32N2O6/c1-38-27-19-26(20-28(39-2)29(27)40-3)30-33(21-23-13-7-4-8-14-23,34-31(36)25-17-11-6-12-18-25)32(37)41-35(30)22-24-15-9-5-10-16-24/h4-20,30H,21-22H2,1-3H3,(H,34,36)/t30-,33-/m0/s1. The first-order valence-corrected chi connectivity index (χ1v) is 13.2. The molecule has 0 spiro atoms. The average Bonchev–Trinajstić information content (AvgIpc) is 3.26. The number of amides is 1. The van der Waals surface area contributed by atoms with E-state index in [1.54, 1.807) is 41.5 Å². The zero-order valence-corrected chi connectivity index (χ0v) is 23.2. The lowest BCUT2D eigenvalue weighted by Gasteiger charge is -2.35. The number of nitrogens with zero attached hydrogens (tertiary/aromatic N) is 1. The van der Waals surface area contributed by atoms with Crippen molar-refractivity contribution in [2.75, 3.05) is 21.3 Å². The van der Waals surface area contributed by atoms with Crippen LogP contribution in [0.5, 0.6) is 17.2 Å². The predicted octanol–water partition coefficient (Wildman–Crippen LogP) is 5.14. The van der Waals surface area contributed by atoms with E-state index in [0.717, 1.165) is 11.1 Å². The molecule has 4 aromatic carbocycles. The third-order valence-corrected chi connectivity index (χ3v) is 7.20. The zero-order valence-electron chi connectivity index (χ0n) is 23.2. The average molecular weight is 553 g/mol. The molecule has 1 saturated heterocycles. The van der Waals surface area contributed by atoms with Crippen LogP contribution >= 0.6 is 0 Å². The van der Waals surface area contributed by atoms with Gasteiger partial charge < -0.3 is 24.4 Å². The molecular formula is C33H32N2O6. The van der Waals surface area contributed by atoms with Crippen molar-refractivity contribution >= 4 is 11.9 Å². The molecule has 0 unspecified atom stereocenters. The first-order chi connectivity index (χ1) is 20.0. The molecule has 5 rings (SSSR count). The lowest BCUT2D eigenvalue weighted by molar-refractivity contribution is -0.178. The highest BCUT2D eigenvalue weighted by atomic mass is 16.7. The molecule has 1 aliphatic rings. The number of carbonyl (C=O) groups is 2. The Bertz CT molecular complexity index is 1470. The molecule has 1 fully saturated rings. The minimum absolute atomic E-state index is 0.178. The molecule has 8 nitrogen and oxygen atoms in total. The Morgan fingerprint density at radius 3 is 1.88 bits per heavy atom. The van der Waals surface area contributed by atoms with E-state index in [4.69, 9.17) is 19.0 Å². The van der Waals surface area contributed by atoms with E-state index in [-0.39, 0.29) is 13.0 Å². The van der Waals surface area contributed by atoms with Crippen molar-refractivity contribution in [2.45, 2.75) is 24.5 Å². The molecule has 2 atom stereocenters. The SMILES string of the molecule is COc1cc([C@@H]2N(Cc3ccccc3)OC(=O)[C@@]2(Cc2ccccc2)NC(=O)c2ccccc2)cc(OC)c1OC. The normalized spacial score (nSPS) is 18.4. The lowest BCUT2D eigenvalue weighted by Crippen LogP contribution is -2.57. The van der Waals surface area contributed by atoms with Crippen LogP contribution in [0.1, 0.15) is 33.1 Å². The second-order valence-corrected chi connectivity index (χ2v) is 9.75. The maximum atomic E-state index is 14.1. The molecule has 210 valence electrons. The van der Waals surface area contributed by atoms with Gasteiger partial charge in [0.05, 0.1) is 27.9 Å². The summed E-state index contributed by atoms with van der Waals surface area (Å²) >= 11 is 0. The number of rotatable bonds is 10. The van der Waals surface area contributed by atoms with Gasteiger partial charge in [0.15, 0.2) is 17.0 Å². The number of ether oxygens (including phenoxy) is 3. The Morgan fingerprint density at radius 2 is 1.34 bits per heavy atom. The quantitative estimate of drug-likeness (QED) is 0.292. The molecule has 1 N–H and O–H groups in total. The van der Waals surface area contributed by atoms with E-state index in [1.807, 2.05) is 66.7 Å². The second kappa shape index (κ2) is 12.1. The number of benzene rings is 4. The molecule has 1 aliphatic heterocycles. The Balaban J connectivity index is 1.70. The molecule has 41 heavy (non-hydrogen) atoms. The summed E-state index contributed by atoms with van der Waals surface area (Å²) in [5.74, 6) is 0.297. The maximum absolute atomic E-state index is 14.1. The number of nitrogens with one attached hydrogen (secondary N) is 1. The zero-order chi connectivity index (χ0) is 28.8. The van der Waals surface area contributed by atoms with E-state index in [0.29, 0.717) is 28.4 Å². The van der Waals surface area contributed by atoms with E-state index in [9.17, 15) is 9.59 Å². The summed E-state index contributed by atoms with van der Waals surface area (Å²) in [6.45, 7) is 0.283. The van der Waals surface area contributed by atoms with Crippen LogP contribution in [0, 0.1) is 0 Å². The molecule has 0 aliphatic carbocycles. The summed E-state index contributed by atoms with van der Waals surface area (Å²) in [6, 6.07) is 30.9. The van der Waals surface area contributed by atoms with Crippen molar-refractivity contribution in [1.82, 2.24) is 10.4 Å². The first kappa shape index (κ1) is 27.7. The van der Waals surface area contributed by atoms with Gasteiger partial charge in [0.1, 0.15) is 6.04 Å². The fourth-order valence-corrected chi connectivity index (χ4v) is 5.31. The molecule has 0 aromatic heterocycles. The van der Waals surface area contributed by atoms with Crippen LogP contribution in [0.4, 0.5) is 0 Å². The second-order valence-electron chi connectivity index (χ2n) is 9.75. The van der Waals surface area contributed by atoms with E-state index >= 15 is 0 Å². The topological polar surface area (TPSA) is 86.3 Å². The molecule has 0 saturated carbocycles. The minimum atomic E-state index is -1.51. The number of carbonyl (C=O) groups excluding carboxylic acids is 2. The monoisotopic (exact) mass is 552 g/mol. The summed E-state index contributed by atoms with van der Waals surface area (Å²) < 4.78 is 16.9. The van der Waals surface area contributed by atoms with Crippen LogP contribution < -0.4 is 19.5 Å². The Labute approximate surface area is 239 Å². The Morgan fingerprint density at radius 1 is 0.805 bits per heavy atom. The molecule has 1 heterocycles. The Hall–Kier alpha value is -4.82. The highest BCUT2D eigenvalue weighted by Gasteiger charge is 2.59. The fourth-order valence-electron chi connectivity index (χ4n) is 5.31. The van der Waals surface area contributed by atoms with E-state index in [1.165, 1.54) is 21.3 Å². The molecule has 1 amide bonds. The third kappa shape index (κ3) is 5.60. The van der Waals surface area contributed by atoms with Crippen molar-refractivity contribution in [3.05, 3.63) is 125 Å². The van der Waals surface area contributed by atoms with Gasteiger partial charge in [-0.25, -0.2) is 4.79 Å². The molecular weight excluding hydrogens is 520 g/mol. The van der Waals surface area contributed by atoms with Crippen LogP contribution in [-0.4, -0.2) is 43.8 Å². The lowest BCUT2D eigenvalue weighted by atomic mass is 9.80. The van der Waals surface area contributed by atoms with Gasteiger partial charge in [-0.3, -0.25) is 4.79 Å². The van der Waals surface area contributed by atoms with Crippen LogP contribution in [0.2, 0.25) is 0 Å². The van der Waals surface area contributed by atoms with Crippen molar-refractivity contribution in [3.63, 3.8) is 0 Å².